The summed E-state index contributed by atoms with van der Waals surface area (Å²) < 4.78 is 5.19. The number of hydrogen-bond donors (Lipinski definition) is 1. The van der Waals surface area contributed by atoms with Crippen molar-refractivity contribution in [3.8, 4) is 0 Å². The highest BCUT2D eigenvalue weighted by molar-refractivity contribution is 7.99. The lowest BCUT2D eigenvalue weighted by Gasteiger charge is -2.12. The molecule has 5 nitrogen and oxygen atoms in total. The Morgan fingerprint density at radius 3 is 2.58 bits per heavy atom. The van der Waals surface area contributed by atoms with Crippen LogP contribution in [0.3, 0.4) is 0 Å². The normalized spacial score (nSPS) is 11.5. The maximum Gasteiger partial charge on any atom is 0.318 e. The molecule has 2 aromatic rings. The van der Waals surface area contributed by atoms with E-state index < -0.39 is 0 Å². The van der Waals surface area contributed by atoms with Gasteiger partial charge >= 0.3 is 5.97 Å². The first-order chi connectivity index (χ1) is 11.7. The fraction of sp³-hybridized carbons (Fsp3) is 0.278. The van der Waals surface area contributed by atoms with E-state index >= 15 is 0 Å². The van der Waals surface area contributed by atoms with Crippen molar-refractivity contribution in [1.82, 2.24) is 10.3 Å². The molecule has 1 atom stereocenters. The fourth-order valence-corrected chi connectivity index (χ4v) is 2.74. The van der Waals surface area contributed by atoms with Gasteiger partial charge in [-0.25, -0.2) is 0 Å². The number of rotatable bonds is 8. The van der Waals surface area contributed by atoms with E-state index in [-0.39, 0.29) is 30.3 Å². The Morgan fingerprint density at radius 2 is 1.88 bits per heavy atom. The molecule has 2 rings (SSSR count). The van der Waals surface area contributed by atoms with Crippen LogP contribution in [0.1, 0.15) is 22.8 Å². The van der Waals surface area contributed by atoms with Gasteiger partial charge in [0.25, 0.3) is 5.91 Å². The van der Waals surface area contributed by atoms with Crippen LogP contribution in [0.4, 0.5) is 0 Å². The molecule has 6 heteroatoms. The molecule has 0 bridgehead atoms. The Kier molecular flexibility index (Phi) is 7.29. The van der Waals surface area contributed by atoms with Gasteiger partial charge in [0.1, 0.15) is 6.61 Å². The van der Waals surface area contributed by atoms with Crippen LogP contribution in [-0.2, 0) is 15.3 Å². The molecule has 1 unspecified atom stereocenters. The quantitative estimate of drug-likeness (QED) is 0.589. The molecule has 0 saturated carbocycles. The van der Waals surface area contributed by atoms with Crippen molar-refractivity contribution < 1.29 is 14.3 Å². The highest BCUT2D eigenvalue weighted by Crippen LogP contribution is 2.18. The van der Waals surface area contributed by atoms with Gasteiger partial charge in [0.2, 0.25) is 0 Å². The standard InChI is InChI=1S/C18H20N2O3S/c1-14(24-13-15-5-3-2-4-6-15)18(22)23-12-11-20-17(21)16-7-9-19-10-8-16/h2-10,14H,11-13H2,1H3,(H,20,21). The zero-order valence-corrected chi connectivity index (χ0v) is 14.3. The van der Waals surface area contributed by atoms with Crippen LogP contribution in [0.2, 0.25) is 0 Å². The van der Waals surface area contributed by atoms with E-state index in [1.165, 1.54) is 17.3 Å². The number of benzene rings is 1. The average molecular weight is 344 g/mol. The summed E-state index contributed by atoms with van der Waals surface area (Å²) in [7, 11) is 0. The molecule has 0 aliphatic carbocycles. The summed E-state index contributed by atoms with van der Waals surface area (Å²) >= 11 is 1.53. The molecular weight excluding hydrogens is 324 g/mol. The fourth-order valence-electron chi connectivity index (χ4n) is 1.90. The third kappa shape index (κ3) is 6.04. The average Bonchev–Trinajstić information content (AvgIpc) is 2.64. The SMILES string of the molecule is CC(SCc1ccccc1)C(=O)OCCNC(=O)c1ccncc1. The maximum absolute atomic E-state index is 11.9. The van der Waals surface area contributed by atoms with E-state index in [1.807, 2.05) is 37.3 Å². The third-order valence-electron chi connectivity index (χ3n) is 3.25. The molecule has 24 heavy (non-hydrogen) atoms. The number of carbonyl (C=O) groups excluding carboxylic acids is 2. The maximum atomic E-state index is 11.9. The van der Waals surface area contributed by atoms with Gasteiger partial charge in [0, 0.05) is 23.7 Å². The van der Waals surface area contributed by atoms with E-state index in [0.717, 1.165) is 5.75 Å². The second-order valence-corrected chi connectivity index (χ2v) is 6.43. The van der Waals surface area contributed by atoms with Crippen molar-refractivity contribution in [2.45, 2.75) is 17.9 Å². The van der Waals surface area contributed by atoms with Crippen LogP contribution in [0.15, 0.2) is 54.9 Å². The molecule has 0 spiro atoms. The largest absolute Gasteiger partial charge is 0.463 e. The van der Waals surface area contributed by atoms with E-state index in [2.05, 4.69) is 10.3 Å². The Balaban J connectivity index is 1.63. The van der Waals surface area contributed by atoms with Crippen LogP contribution < -0.4 is 5.32 Å². The Bertz CT molecular complexity index is 650. The Labute approximate surface area is 145 Å². The van der Waals surface area contributed by atoms with Crippen LogP contribution in [0.25, 0.3) is 0 Å². The molecule has 0 aliphatic rings. The van der Waals surface area contributed by atoms with Crippen molar-refractivity contribution in [3.63, 3.8) is 0 Å². The van der Waals surface area contributed by atoms with Gasteiger partial charge in [-0.05, 0) is 24.6 Å². The molecule has 1 heterocycles. The van der Waals surface area contributed by atoms with Gasteiger partial charge < -0.3 is 10.1 Å². The second-order valence-electron chi connectivity index (χ2n) is 5.10. The molecule has 0 fully saturated rings. The lowest BCUT2D eigenvalue weighted by atomic mass is 10.2. The Hall–Kier alpha value is -2.34. The van der Waals surface area contributed by atoms with Crippen LogP contribution >= 0.6 is 11.8 Å². The first kappa shape index (κ1) is 18.0. The molecule has 0 saturated heterocycles. The molecule has 126 valence electrons. The summed E-state index contributed by atoms with van der Waals surface area (Å²) in [5, 5.41) is 2.45. The smallest absolute Gasteiger partial charge is 0.318 e. The summed E-state index contributed by atoms with van der Waals surface area (Å²) in [4.78, 5) is 27.6. The summed E-state index contributed by atoms with van der Waals surface area (Å²) in [6.07, 6.45) is 3.11. The number of carbonyl (C=O) groups is 2. The summed E-state index contributed by atoms with van der Waals surface area (Å²) in [5.74, 6) is 0.282. The number of hydrogen-bond acceptors (Lipinski definition) is 5. The predicted molar refractivity (Wildman–Crippen MR) is 94.7 cm³/mol. The third-order valence-corrected chi connectivity index (χ3v) is 4.44. The molecular formula is C18H20N2O3S. The molecule has 1 aromatic heterocycles. The Morgan fingerprint density at radius 1 is 1.17 bits per heavy atom. The second kappa shape index (κ2) is 9.72. The lowest BCUT2D eigenvalue weighted by Crippen LogP contribution is -2.29. The van der Waals surface area contributed by atoms with Gasteiger partial charge in [-0.2, -0.15) is 0 Å². The summed E-state index contributed by atoms with van der Waals surface area (Å²) in [6, 6.07) is 13.2. The van der Waals surface area contributed by atoms with E-state index in [4.69, 9.17) is 4.74 Å². The lowest BCUT2D eigenvalue weighted by molar-refractivity contribution is -0.142. The summed E-state index contributed by atoms with van der Waals surface area (Å²) in [6.45, 7) is 2.26. The van der Waals surface area contributed by atoms with E-state index in [0.29, 0.717) is 5.56 Å². The van der Waals surface area contributed by atoms with Crippen molar-refractivity contribution in [3.05, 3.63) is 66.0 Å². The molecule has 1 amide bonds. The predicted octanol–water partition coefficient (Wildman–Crippen LogP) is 2.68. The van der Waals surface area contributed by atoms with Gasteiger partial charge in [-0.3, -0.25) is 14.6 Å². The van der Waals surface area contributed by atoms with Crippen molar-refractivity contribution in [2.75, 3.05) is 13.2 Å². The number of ether oxygens (including phenoxy) is 1. The number of nitrogens with one attached hydrogen (secondary N) is 1. The highest BCUT2D eigenvalue weighted by Gasteiger charge is 2.15. The molecule has 0 radical (unpaired) electrons. The first-order valence-electron chi connectivity index (χ1n) is 7.67. The van der Waals surface area contributed by atoms with Crippen molar-refractivity contribution in [1.29, 1.82) is 0 Å². The number of esters is 1. The van der Waals surface area contributed by atoms with Crippen molar-refractivity contribution in [2.24, 2.45) is 0 Å². The molecule has 1 N–H and O–H groups in total. The number of nitrogens with zero attached hydrogens (tertiary/aromatic N) is 1. The minimum atomic E-state index is -0.269. The van der Waals surface area contributed by atoms with Gasteiger partial charge in [-0.1, -0.05) is 30.3 Å². The minimum Gasteiger partial charge on any atom is -0.463 e. The van der Waals surface area contributed by atoms with Gasteiger partial charge in [0.15, 0.2) is 0 Å². The summed E-state index contributed by atoms with van der Waals surface area (Å²) in [5.41, 5.74) is 1.70. The topological polar surface area (TPSA) is 68.3 Å². The van der Waals surface area contributed by atoms with Gasteiger partial charge in [-0.15, -0.1) is 11.8 Å². The minimum absolute atomic E-state index is 0.159. The van der Waals surface area contributed by atoms with Crippen LogP contribution in [0.5, 0.6) is 0 Å². The zero-order valence-electron chi connectivity index (χ0n) is 13.5. The van der Waals surface area contributed by atoms with E-state index in [9.17, 15) is 9.59 Å². The zero-order chi connectivity index (χ0) is 17.2. The molecule has 0 aliphatic heterocycles. The number of thioether (sulfide) groups is 1. The van der Waals surface area contributed by atoms with Crippen LogP contribution in [-0.4, -0.2) is 35.3 Å². The number of pyridine rings is 1. The molecule has 1 aromatic carbocycles. The number of aromatic nitrogens is 1. The van der Waals surface area contributed by atoms with Gasteiger partial charge in [0.05, 0.1) is 11.8 Å². The highest BCUT2D eigenvalue weighted by atomic mass is 32.2. The van der Waals surface area contributed by atoms with Crippen LogP contribution in [0, 0.1) is 0 Å². The monoisotopic (exact) mass is 344 g/mol. The first-order valence-corrected chi connectivity index (χ1v) is 8.72. The number of amides is 1. The van der Waals surface area contributed by atoms with Crippen molar-refractivity contribution >= 4 is 23.6 Å². The van der Waals surface area contributed by atoms with E-state index in [1.54, 1.807) is 24.5 Å².